The first-order chi connectivity index (χ1) is 17.9. The van der Waals surface area contributed by atoms with E-state index in [1.54, 1.807) is 48.5 Å². The van der Waals surface area contributed by atoms with Crippen LogP contribution in [0, 0.1) is 6.92 Å². The summed E-state index contributed by atoms with van der Waals surface area (Å²) in [5, 5.41) is 6.58. The monoisotopic (exact) mass is 547 g/mol. The first kappa shape index (κ1) is 24.8. The molecule has 0 radical (unpaired) electrons. The molecule has 0 aliphatic carbocycles. The zero-order chi connectivity index (χ0) is 25.9. The number of nitrogens with zero attached hydrogens (tertiary/aromatic N) is 1. The number of carbonyl (C=O) groups is 1. The second-order valence-electron chi connectivity index (χ2n) is 8.10. The van der Waals surface area contributed by atoms with Crippen LogP contribution in [0.2, 0.25) is 10.0 Å². The van der Waals surface area contributed by atoms with Crippen molar-refractivity contribution in [3.05, 3.63) is 100 Å². The number of anilines is 1. The minimum Gasteiger partial charge on any atom is -0.457 e. The highest BCUT2D eigenvalue weighted by molar-refractivity contribution is 7.80. The normalized spacial score (nSPS) is 11.2. The molecule has 0 saturated heterocycles. The van der Waals surface area contributed by atoms with E-state index in [-0.39, 0.29) is 5.11 Å². The fraction of sp³-hybridized carbons (Fsp3) is 0.0357. The number of aryl methyl sites for hydroxylation is 1. The molecule has 5 aromatic rings. The minimum atomic E-state index is -0.416. The molecule has 1 amide bonds. The predicted molar refractivity (Wildman–Crippen MR) is 152 cm³/mol. The molecule has 0 saturated carbocycles. The zero-order valence-corrected chi connectivity index (χ0v) is 21.7. The lowest BCUT2D eigenvalue weighted by Crippen LogP contribution is -2.32. The molecule has 2 aromatic heterocycles. The smallest absolute Gasteiger partial charge is 0.250 e. The maximum Gasteiger partial charge on any atom is 0.250 e. The van der Waals surface area contributed by atoms with Gasteiger partial charge in [0, 0.05) is 22.9 Å². The van der Waals surface area contributed by atoms with Crippen molar-refractivity contribution in [2.24, 2.45) is 0 Å². The number of hydrogen-bond acceptors (Lipinski definition) is 5. The zero-order valence-electron chi connectivity index (χ0n) is 19.4. The van der Waals surface area contributed by atoms with Crippen molar-refractivity contribution in [1.82, 2.24) is 10.3 Å². The lowest BCUT2D eigenvalue weighted by Gasteiger charge is -2.07. The van der Waals surface area contributed by atoms with E-state index < -0.39 is 5.91 Å². The molecule has 184 valence electrons. The van der Waals surface area contributed by atoms with Crippen molar-refractivity contribution in [2.45, 2.75) is 6.92 Å². The van der Waals surface area contributed by atoms with Crippen LogP contribution in [0.4, 0.5) is 5.69 Å². The SMILES string of the molecule is Cc1ccccc1-c1nc2cc(NC(=S)NC(=O)C=Cc3ccc(-c4cccc(Cl)c4Cl)o3)ccc2o1. The molecule has 5 rings (SSSR count). The second-order valence-corrected chi connectivity index (χ2v) is 9.29. The maximum atomic E-state index is 12.4. The van der Waals surface area contributed by atoms with Gasteiger partial charge in [-0.2, -0.15) is 0 Å². The number of aromatic nitrogens is 1. The van der Waals surface area contributed by atoms with Crippen molar-refractivity contribution in [3.8, 4) is 22.8 Å². The summed E-state index contributed by atoms with van der Waals surface area (Å²) in [7, 11) is 0. The average Bonchev–Trinajstić information content (AvgIpc) is 3.51. The van der Waals surface area contributed by atoms with E-state index in [2.05, 4.69) is 15.6 Å². The largest absolute Gasteiger partial charge is 0.457 e. The molecule has 0 fully saturated rings. The fourth-order valence-electron chi connectivity index (χ4n) is 3.69. The second kappa shape index (κ2) is 10.6. The molecule has 0 aliphatic rings. The van der Waals surface area contributed by atoms with Crippen LogP contribution in [0.15, 0.2) is 87.7 Å². The number of thiocarbonyl (C=S) groups is 1. The number of furan rings is 1. The molecular weight excluding hydrogens is 529 g/mol. The lowest BCUT2D eigenvalue weighted by molar-refractivity contribution is -0.115. The summed E-state index contributed by atoms with van der Waals surface area (Å²) in [5.74, 6) is 1.14. The first-order valence-corrected chi connectivity index (χ1v) is 12.3. The van der Waals surface area contributed by atoms with Crippen molar-refractivity contribution in [2.75, 3.05) is 5.32 Å². The molecule has 37 heavy (non-hydrogen) atoms. The Kier molecular flexibility index (Phi) is 7.10. The summed E-state index contributed by atoms with van der Waals surface area (Å²) in [6, 6.07) is 22.1. The Morgan fingerprint density at radius 1 is 0.973 bits per heavy atom. The van der Waals surface area contributed by atoms with Gasteiger partial charge in [0.25, 0.3) is 0 Å². The summed E-state index contributed by atoms with van der Waals surface area (Å²) in [5.41, 5.74) is 4.66. The maximum absolute atomic E-state index is 12.4. The van der Waals surface area contributed by atoms with Crippen LogP contribution in [-0.2, 0) is 4.79 Å². The van der Waals surface area contributed by atoms with Gasteiger partial charge in [-0.1, -0.05) is 47.5 Å². The number of carbonyl (C=O) groups excluding carboxylic acids is 1. The Labute approximate surface area is 227 Å². The Balaban J connectivity index is 1.22. The number of amides is 1. The standard InChI is InChI=1S/C28H19Cl2N3O3S/c1-16-5-2-3-6-19(16)27-32-22-15-17(9-12-24(22)36-27)31-28(37)33-25(34)14-11-18-10-13-23(35-18)20-7-4-8-21(29)26(20)30/h2-15H,1H3,(H2,31,33,34,37). The van der Waals surface area contributed by atoms with E-state index in [1.165, 1.54) is 12.2 Å². The third-order valence-corrected chi connectivity index (χ3v) is 6.52. The summed E-state index contributed by atoms with van der Waals surface area (Å²) >= 11 is 17.6. The summed E-state index contributed by atoms with van der Waals surface area (Å²) < 4.78 is 11.7. The number of nitrogens with one attached hydrogen (secondary N) is 2. The van der Waals surface area contributed by atoms with Crippen LogP contribution in [0.3, 0.4) is 0 Å². The van der Waals surface area contributed by atoms with Gasteiger partial charge in [-0.3, -0.25) is 10.1 Å². The van der Waals surface area contributed by atoms with E-state index in [1.807, 2.05) is 31.2 Å². The highest BCUT2D eigenvalue weighted by Gasteiger charge is 2.12. The third-order valence-electron chi connectivity index (χ3n) is 5.50. The third kappa shape index (κ3) is 5.59. The molecule has 6 nitrogen and oxygen atoms in total. The van der Waals surface area contributed by atoms with Gasteiger partial charge in [0.05, 0.1) is 10.0 Å². The highest BCUT2D eigenvalue weighted by Crippen LogP contribution is 2.34. The van der Waals surface area contributed by atoms with Crippen LogP contribution >= 0.6 is 35.4 Å². The van der Waals surface area contributed by atoms with Crippen LogP contribution in [-0.4, -0.2) is 16.0 Å². The van der Waals surface area contributed by atoms with E-state index in [0.29, 0.717) is 49.8 Å². The predicted octanol–water partition coefficient (Wildman–Crippen LogP) is 7.90. The highest BCUT2D eigenvalue weighted by atomic mass is 35.5. The number of oxazole rings is 1. The molecule has 3 aromatic carbocycles. The molecule has 0 unspecified atom stereocenters. The minimum absolute atomic E-state index is 0.141. The first-order valence-electron chi connectivity index (χ1n) is 11.2. The van der Waals surface area contributed by atoms with Crippen LogP contribution in [0.25, 0.3) is 40.0 Å². The number of fused-ring (bicyclic) bond motifs is 1. The van der Waals surface area contributed by atoms with Crippen molar-refractivity contribution in [3.63, 3.8) is 0 Å². The van der Waals surface area contributed by atoms with Gasteiger partial charge in [0.15, 0.2) is 10.7 Å². The van der Waals surface area contributed by atoms with E-state index in [4.69, 9.17) is 44.3 Å². The topological polar surface area (TPSA) is 80.3 Å². The van der Waals surface area contributed by atoms with Crippen LogP contribution in [0.1, 0.15) is 11.3 Å². The van der Waals surface area contributed by atoms with E-state index in [9.17, 15) is 4.79 Å². The molecule has 9 heteroatoms. The van der Waals surface area contributed by atoms with Gasteiger partial charge < -0.3 is 14.2 Å². The number of hydrogen-bond donors (Lipinski definition) is 2. The Morgan fingerprint density at radius 2 is 1.78 bits per heavy atom. The molecule has 2 N–H and O–H groups in total. The van der Waals surface area contributed by atoms with Crippen LogP contribution in [0.5, 0.6) is 0 Å². The molecular formula is C28H19Cl2N3O3S. The lowest BCUT2D eigenvalue weighted by atomic mass is 10.1. The molecule has 0 spiro atoms. The average molecular weight is 548 g/mol. The van der Waals surface area contributed by atoms with Crippen LogP contribution < -0.4 is 10.6 Å². The fourth-order valence-corrected chi connectivity index (χ4v) is 4.30. The molecule has 0 atom stereocenters. The van der Waals surface area contributed by atoms with Gasteiger partial charge in [-0.25, -0.2) is 4.98 Å². The quantitative estimate of drug-likeness (QED) is 0.172. The van der Waals surface area contributed by atoms with Gasteiger partial charge >= 0.3 is 0 Å². The molecule has 0 aliphatic heterocycles. The van der Waals surface area contributed by atoms with Gasteiger partial charge in [-0.15, -0.1) is 0 Å². The summed E-state index contributed by atoms with van der Waals surface area (Å²) in [6.07, 6.45) is 2.86. The van der Waals surface area contributed by atoms with Gasteiger partial charge in [0.1, 0.15) is 17.0 Å². The Bertz CT molecular complexity index is 1670. The Hall–Kier alpha value is -3.91. The van der Waals surface area contributed by atoms with Crippen molar-refractivity contribution < 1.29 is 13.6 Å². The number of halogens is 2. The van der Waals surface area contributed by atoms with Gasteiger partial charge in [0.2, 0.25) is 11.8 Å². The summed E-state index contributed by atoms with van der Waals surface area (Å²) in [6.45, 7) is 2.01. The molecule has 2 heterocycles. The van der Waals surface area contributed by atoms with E-state index in [0.717, 1.165) is 11.1 Å². The van der Waals surface area contributed by atoms with Crippen molar-refractivity contribution >= 4 is 69.3 Å². The number of rotatable bonds is 5. The summed E-state index contributed by atoms with van der Waals surface area (Å²) in [4.78, 5) is 17.0. The van der Waals surface area contributed by atoms with Gasteiger partial charge in [-0.05, 0) is 79.3 Å². The molecule has 0 bridgehead atoms. The number of benzene rings is 3. The Morgan fingerprint density at radius 3 is 2.62 bits per heavy atom. The van der Waals surface area contributed by atoms with Crippen molar-refractivity contribution in [1.29, 1.82) is 0 Å². The van der Waals surface area contributed by atoms with E-state index >= 15 is 0 Å².